The van der Waals surface area contributed by atoms with Crippen molar-refractivity contribution in [3.05, 3.63) is 64.5 Å². The Balaban J connectivity index is 1.34. The van der Waals surface area contributed by atoms with Crippen LogP contribution in [0.5, 0.6) is 0 Å². The molecule has 0 aliphatic carbocycles. The Morgan fingerprint density at radius 2 is 2.07 bits per heavy atom. The van der Waals surface area contributed by atoms with Crippen molar-refractivity contribution in [2.75, 3.05) is 23.1 Å². The van der Waals surface area contributed by atoms with Gasteiger partial charge in [-0.2, -0.15) is 5.10 Å². The van der Waals surface area contributed by atoms with Gasteiger partial charge >= 0.3 is 0 Å². The van der Waals surface area contributed by atoms with Gasteiger partial charge in [0.25, 0.3) is 0 Å². The van der Waals surface area contributed by atoms with E-state index in [4.69, 9.17) is 5.73 Å². The van der Waals surface area contributed by atoms with Crippen molar-refractivity contribution >= 4 is 17.3 Å². The summed E-state index contributed by atoms with van der Waals surface area (Å²) in [4.78, 5) is 4.27. The third-order valence-electron chi connectivity index (χ3n) is 5.07. The summed E-state index contributed by atoms with van der Waals surface area (Å²) in [5.74, 6) is 1.22. The van der Waals surface area contributed by atoms with E-state index in [1.807, 2.05) is 16.9 Å². The minimum atomic E-state index is 0.498. The zero-order chi connectivity index (χ0) is 18.2. The Labute approximate surface area is 157 Å². The van der Waals surface area contributed by atoms with Crippen molar-refractivity contribution in [1.82, 2.24) is 25.6 Å². The highest BCUT2D eigenvalue weighted by Crippen LogP contribution is 2.30. The van der Waals surface area contributed by atoms with Crippen molar-refractivity contribution in [2.45, 2.75) is 25.9 Å². The highest BCUT2D eigenvalue weighted by Gasteiger charge is 2.17. The van der Waals surface area contributed by atoms with Crippen molar-refractivity contribution in [3.8, 4) is 0 Å². The number of rotatable bonds is 4. The number of hydrogen-bond acceptors (Lipinski definition) is 7. The minimum absolute atomic E-state index is 0.498. The Morgan fingerprint density at radius 1 is 1.11 bits per heavy atom. The fourth-order valence-corrected chi connectivity index (χ4v) is 3.76. The fraction of sp³-hybridized carbons (Fsp3) is 0.263. The van der Waals surface area contributed by atoms with Crippen LogP contribution < -0.4 is 27.4 Å². The molecule has 2 aliphatic rings. The Hall–Kier alpha value is -3.10. The first-order valence-corrected chi connectivity index (χ1v) is 9.14. The van der Waals surface area contributed by atoms with Gasteiger partial charge in [-0.05, 0) is 46.8 Å². The lowest BCUT2D eigenvalue weighted by Gasteiger charge is -2.17. The third-order valence-corrected chi connectivity index (χ3v) is 5.07. The molecule has 27 heavy (non-hydrogen) atoms. The Morgan fingerprint density at radius 3 is 3.04 bits per heavy atom. The second-order valence-corrected chi connectivity index (χ2v) is 7.06. The normalized spacial score (nSPS) is 15.0. The van der Waals surface area contributed by atoms with Crippen molar-refractivity contribution in [1.29, 1.82) is 0 Å². The maximum Gasteiger partial charge on any atom is 0.169 e. The van der Waals surface area contributed by atoms with Crippen LogP contribution in [0.25, 0.3) is 0 Å². The predicted molar refractivity (Wildman–Crippen MR) is 105 cm³/mol. The van der Waals surface area contributed by atoms with Crippen LogP contribution in [0.1, 0.15) is 27.8 Å². The molecule has 5 rings (SSSR count). The SMILES string of the molecule is Nc1cc(Cc2cnn(Cc3ccc4c(c3)CCNC4)c2)c2c(n1)NNN2. The predicted octanol–water partition coefficient (Wildman–Crippen LogP) is 1.40. The molecule has 3 aromatic rings. The summed E-state index contributed by atoms with van der Waals surface area (Å²) >= 11 is 0. The molecule has 2 aliphatic heterocycles. The Kier molecular flexibility index (Phi) is 3.92. The second-order valence-electron chi connectivity index (χ2n) is 7.06. The number of hydrogen-bond donors (Lipinski definition) is 5. The molecule has 4 heterocycles. The largest absolute Gasteiger partial charge is 0.384 e. The summed E-state index contributed by atoms with van der Waals surface area (Å²) in [6.45, 7) is 2.80. The van der Waals surface area contributed by atoms with E-state index >= 15 is 0 Å². The van der Waals surface area contributed by atoms with Crippen LogP contribution in [-0.2, 0) is 25.9 Å². The molecule has 8 heteroatoms. The molecule has 8 nitrogen and oxygen atoms in total. The number of nitrogens with one attached hydrogen (secondary N) is 4. The standard InChI is InChI=1S/C19H22N8/c20-17-7-16(18-19(23-17)25-26-24-18)6-13-8-22-27(11-13)10-12-1-2-15-9-21-4-3-14(15)5-12/h1-2,5,7-8,11,21,24,26H,3-4,6,9-10H2,(H3,20,23,25). The lowest BCUT2D eigenvalue weighted by atomic mass is 9.98. The minimum Gasteiger partial charge on any atom is -0.384 e. The van der Waals surface area contributed by atoms with Crippen LogP contribution >= 0.6 is 0 Å². The van der Waals surface area contributed by atoms with Gasteiger partial charge in [0.05, 0.1) is 18.4 Å². The first kappa shape index (κ1) is 16.1. The van der Waals surface area contributed by atoms with Gasteiger partial charge in [0, 0.05) is 19.2 Å². The number of benzene rings is 1. The maximum atomic E-state index is 5.92. The summed E-state index contributed by atoms with van der Waals surface area (Å²) in [6.07, 6.45) is 5.85. The lowest BCUT2D eigenvalue weighted by Crippen LogP contribution is -2.23. The molecule has 0 saturated heterocycles. The summed E-state index contributed by atoms with van der Waals surface area (Å²) in [7, 11) is 0. The van der Waals surface area contributed by atoms with Crippen LogP contribution in [-0.4, -0.2) is 21.3 Å². The number of nitrogens with zero attached hydrogens (tertiary/aromatic N) is 3. The molecule has 1 aromatic carbocycles. The van der Waals surface area contributed by atoms with Gasteiger partial charge in [-0.1, -0.05) is 18.2 Å². The molecule has 0 bridgehead atoms. The van der Waals surface area contributed by atoms with Gasteiger partial charge < -0.3 is 16.5 Å². The van der Waals surface area contributed by atoms with E-state index in [0.29, 0.717) is 5.82 Å². The van der Waals surface area contributed by atoms with E-state index in [1.54, 1.807) is 0 Å². The van der Waals surface area contributed by atoms with E-state index in [-0.39, 0.29) is 0 Å². The molecule has 0 amide bonds. The molecule has 0 spiro atoms. The molecule has 0 radical (unpaired) electrons. The van der Waals surface area contributed by atoms with Gasteiger partial charge in [0.15, 0.2) is 5.82 Å². The van der Waals surface area contributed by atoms with Crippen LogP contribution in [0.3, 0.4) is 0 Å². The van der Waals surface area contributed by atoms with E-state index in [0.717, 1.165) is 55.1 Å². The number of hydrazine groups is 2. The topological polar surface area (TPSA) is 105 Å². The molecule has 0 fully saturated rings. The van der Waals surface area contributed by atoms with Gasteiger partial charge in [-0.3, -0.25) is 10.1 Å². The molecule has 2 aromatic heterocycles. The van der Waals surface area contributed by atoms with Crippen LogP contribution in [0, 0.1) is 0 Å². The molecule has 0 atom stereocenters. The van der Waals surface area contributed by atoms with E-state index in [1.165, 1.54) is 16.7 Å². The number of aromatic nitrogens is 3. The molecular weight excluding hydrogens is 340 g/mol. The monoisotopic (exact) mass is 362 g/mol. The van der Waals surface area contributed by atoms with Crippen LogP contribution in [0.4, 0.5) is 17.3 Å². The highest BCUT2D eigenvalue weighted by molar-refractivity contribution is 5.74. The summed E-state index contributed by atoms with van der Waals surface area (Å²) in [6, 6.07) is 8.64. The van der Waals surface area contributed by atoms with Gasteiger partial charge in [0.2, 0.25) is 0 Å². The number of pyridine rings is 1. The van der Waals surface area contributed by atoms with Crippen molar-refractivity contribution < 1.29 is 0 Å². The molecule has 6 N–H and O–H groups in total. The molecular formula is C19H22N8. The van der Waals surface area contributed by atoms with E-state index in [9.17, 15) is 0 Å². The average Bonchev–Trinajstić information content (AvgIpc) is 3.31. The van der Waals surface area contributed by atoms with Crippen molar-refractivity contribution in [3.63, 3.8) is 0 Å². The number of anilines is 3. The first-order valence-electron chi connectivity index (χ1n) is 9.14. The second kappa shape index (κ2) is 6.57. The van der Waals surface area contributed by atoms with Crippen molar-refractivity contribution in [2.24, 2.45) is 0 Å². The smallest absolute Gasteiger partial charge is 0.169 e. The number of nitrogen functional groups attached to an aromatic ring is 1. The van der Waals surface area contributed by atoms with Gasteiger partial charge in [-0.25, -0.2) is 4.98 Å². The van der Waals surface area contributed by atoms with Crippen LogP contribution in [0.15, 0.2) is 36.7 Å². The van der Waals surface area contributed by atoms with Gasteiger partial charge in [0.1, 0.15) is 5.82 Å². The lowest BCUT2D eigenvalue weighted by molar-refractivity contribution is 0.639. The fourth-order valence-electron chi connectivity index (χ4n) is 3.76. The Bertz CT molecular complexity index is 993. The average molecular weight is 362 g/mol. The zero-order valence-corrected chi connectivity index (χ0v) is 14.9. The molecule has 0 unspecified atom stereocenters. The highest BCUT2D eigenvalue weighted by atomic mass is 15.6. The van der Waals surface area contributed by atoms with E-state index < -0.39 is 0 Å². The molecule has 0 saturated carbocycles. The summed E-state index contributed by atoms with van der Waals surface area (Å²) < 4.78 is 1.99. The zero-order valence-electron chi connectivity index (χ0n) is 14.9. The van der Waals surface area contributed by atoms with Gasteiger partial charge in [-0.15, -0.1) is 5.53 Å². The summed E-state index contributed by atoms with van der Waals surface area (Å²) in [5.41, 5.74) is 22.1. The summed E-state index contributed by atoms with van der Waals surface area (Å²) in [5, 5.41) is 7.95. The number of fused-ring (bicyclic) bond motifs is 2. The number of nitrogens with two attached hydrogens (primary N) is 1. The first-order chi connectivity index (χ1) is 13.2. The molecule has 138 valence electrons. The quantitative estimate of drug-likeness (QED) is 0.478. The van der Waals surface area contributed by atoms with Crippen LogP contribution in [0.2, 0.25) is 0 Å². The maximum absolute atomic E-state index is 5.92. The third kappa shape index (κ3) is 3.20. The van der Waals surface area contributed by atoms with E-state index in [2.05, 4.69) is 56.2 Å².